The maximum absolute atomic E-state index is 12.7. The summed E-state index contributed by atoms with van der Waals surface area (Å²) in [6.07, 6.45) is 4.57. The Morgan fingerprint density at radius 2 is 1.85 bits per heavy atom. The van der Waals surface area contributed by atoms with Crippen molar-refractivity contribution in [2.45, 2.75) is 52.5 Å². The van der Waals surface area contributed by atoms with E-state index in [1.807, 2.05) is 30.3 Å². The summed E-state index contributed by atoms with van der Waals surface area (Å²) < 4.78 is 0. The van der Waals surface area contributed by atoms with E-state index < -0.39 is 0 Å². The summed E-state index contributed by atoms with van der Waals surface area (Å²) in [6.45, 7) is 8.85. The van der Waals surface area contributed by atoms with Crippen molar-refractivity contribution in [3.63, 3.8) is 0 Å². The molecule has 20 heavy (non-hydrogen) atoms. The van der Waals surface area contributed by atoms with E-state index >= 15 is 0 Å². The molecule has 1 fully saturated rings. The number of ketones is 1. The first kappa shape index (κ1) is 15.2. The zero-order chi connectivity index (χ0) is 14.6. The molecule has 1 heterocycles. The van der Waals surface area contributed by atoms with Crippen molar-refractivity contribution in [2.75, 3.05) is 13.1 Å². The maximum Gasteiger partial charge on any atom is 0.179 e. The quantitative estimate of drug-likeness (QED) is 0.725. The van der Waals surface area contributed by atoms with Crippen LogP contribution in [0.4, 0.5) is 0 Å². The lowest BCUT2D eigenvalue weighted by Gasteiger charge is -2.30. The molecule has 1 saturated heterocycles. The first-order valence-electron chi connectivity index (χ1n) is 7.99. The summed E-state index contributed by atoms with van der Waals surface area (Å²) in [4.78, 5) is 15.1. The standard InChI is InChI=1S/C18H27NO/c1-4-16(17(20)15-10-8-7-9-11-15)19-13-12-18(5-2,6-3)14-19/h7-11,16H,4-6,12-14H2,1-3H3. The number of carbonyl (C=O) groups excluding carboxylic acids is 1. The van der Waals surface area contributed by atoms with E-state index in [0.29, 0.717) is 5.41 Å². The Kier molecular flexibility index (Phi) is 4.98. The zero-order valence-corrected chi connectivity index (χ0v) is 13.1. The molecule has 0 spiro atoms. The van der Waals surface area contributed by atoms with Crippen LogP contribution in [0.2, 0.25) is 0 Å². The van der Waals surface area contributed by atoms with Crippen molar-refractivity contribution < 1.29 is 4.79 Å². The van der Waals surface area contributed by atoms with Crippen molar-refractivity contribution in [3.05, 3.63) is 35.9 Å². The largest absolute Gasteiger partial charge is 0.293 e. The SMILES string of the molecule is CCC(C(=O)c1ccccc1)N1CCC(CC)(CC)C1. The number of benzene rings is 1. The van der Waals surface area contributed by atoms with E-state index in [1.165, 1.54) is 19.3 Å². The summed E-state index contributed by atoms with van der Waals surface area (Å²) in [5.41, 5.74) is 1.29. The molecule has 0 aromatic heterocycles. The molecule has 1 unspecified atom stereocenters. The lowest BCUT2D eigenvalue weighted by atomic mass is 9.82. The van der Waals surface area contributed by atoms with Crippen LogP contribution in [0, 0.1) is 5.41 Å². The Morgan fingerprint density at radius 1 is 1.20 bits per heavy atom. The second kappa shape index (κ2) is 6.53. The third-order valence-corrected chi connectivity index (χ3v) is 5.16. The van der Waals surface area contributed by atoms with Crippen molar-refractivity contribution in [1.29, 1.82) is 0 Å². The molecule has 1 aliphatic rings. The van der Waals surface area contributed by atoms with Crippen LogP contribution in [-0.4, -0.2) is 29.8 Å². The molecule has 0 saturated carbocycles. The van der Waals surface area contributed by atoms with Gasteiger partial charge in [0.1, 0.15) is 0 Å². The van der Waals surface area contributed by atoms with E-state index in [9.17, 15) is 4.79 Å². The molecule has 110 valence electrons. The van der Waals surface area contributed by atoms with Gasteiger partial charge < -0.3 is 0 Å². The average molecular weight is 273 g/mol. The molecule has 0 amide bonds. The second-order valence-corrected chi connectivity index (χ2v) is 6.08. The molecule has 2 rings (SSSR count). The van der Waals surface area contributed by atoms with Gasteiger partial charge in [-0.05, 0) is 37.6 Å². The monoisotopic (exact) mass is 273 g/mol. The number of carbonyl (C=O) groups is 1. The molecule has 2 nitrogen and oxygen atoms in total. The third kappa shape index (κ3) is 2.95. The van der Waals surface area contributed by atoms with Crippen LogP contribution >= 0.6 is 0 Å². The molecular weight excluding hydrogens is 246 g/mol. The van der Waals surface area contributed by atoms with Gasteiger partial charge in [-0.1, -0.05) is 51.1 Å². The first-order chi connectivity index (χ1) is 9.65. The van der Waals surface area contributed by atoms with Crippen molar-refractivity contribution in [1.82, 2.24) is 4.90 Å². The predicted octanol–water partition coefficient (Wildman–Crippen LogP) is 4.16. The van der Waals surface area contributed by atoms with Gasteiger partial charge in [0.2, 0.25) is 0 Å². The number of hydrogen-bond acceptors (Lipinski definition) is 2. The molecule has 1 aliphatic heterocycles. The van der Waals surface area contributed by atoms with Gasteiger partial charge in [-0.15, -0.1) is 0 Å². The van der Waals surface area contributed by atoms with Gasteiger partial charge in [0.15, 0.2) is 5.78 Å². The predicted molar refractivity (Wildman–Crippen MR) is 84.1 cm³/mol. The first-order valence-corrected chi connectivity index (χ1v) is 7.99. The molecule has 1 aromatic carbocycles. The van der Waals surface area contributed by atoms with Crippen LogP contribution in [0.15, 0.2) is 30.3 Å². The topological polar surface area (TPSA) is 20.3 Å². The van der Waals surface area contributed by atoms with Crippen LogP contribution in [-0.2, 0) is 0 Å². The molecule has 0 radical (unpaired) electrons. The second-order valence-electron chi connectivity index (χ2n) is 6.08. The molecule has 1 aromatic rings. The lowest BCUT2D eigenvalue weighted by Crippen LogP contribution is -2.40. The number of Topliss-reactive ketones (excluding diaryl/α,β-unsaturated/α-hetero) is 1. The Labute approximate surface area is 123 Å². The van der Waals surface area contributed by atoms with Crippen LogP contribution in [0.25, 0.3) is 0 Å². The third-order valence-electron chi connectivity index (χ3n) is 5.16. The maximum atomic E-state index is 12.7. The van der Waals surface area contributed by atoms with Gasteiger partial charge >= 0.3 is 0 Å². The number of likely N-dealkylation sites (tertiary alicyclic amines) is 1. The van der Waals surface area contributed by atoms with E-state index in [4.69, 9.17) is 0 Å². The summed E-state index contributed by atoms with van der Waals surface area (Å²) in [7, 11) is 0. The number of rotatable bonds is 6. The summed E-state index contributed by atoms with van der Waals surface area (Å²) in [6, 6.07) is 9.80. The Balaban J connectivity index is 2.12. The molecule has 0 aliphatic carbocycles. The van der Waals surface area contributed by atoms with Gasteiger partial charge in [0, 0.05) is 12.1 Å². The average Bonchev–Trinajstić information content (AvgIpc) is 2.94. The highest BCUT2D eigenvalue weighted by atomic mass is 16.1. The van der Waals surface area contributed by atoms with Gasteiger partial charge in [-0.25, -0.2) is 0 Å². The van der Waals surface area contributed by atoms with E-state index in [1.54, 1.807) is 0 Å². The van der Waals surface area contributed by atoms with Gasteiger partial charge in [0.25, 0.3) is 0 Å². The summed E-state index contributed by atoms with van der Waals surface area (Å²) in [5.74, 6) is 0.288. The molecule has 1 atom stereocenters. The van der Waals surface area contributed by atoms with Crippen LogP contribution in [0.5, 0.6) is 0 Å². The smallest absolute Gasteiger partial charge is 0.179 e. The van der Waals surface area contributed by atoms with Crippen molar-refractivity contribution in [3.8, 4) is 0 Å². The summed E-state index contributed by atoms with van der Waals surface area (Å²) >= 11 is 0. The van der Waals surface area contributed by atoms with E-state index in [0.717, 1.165) is 25.1 Å². The highest BCUT2D eigenvalue weighted by Gasteiger charge is 2.39. The van der Waals surface area contributed by atoms with Gasteiger partial charge in [0.05, 0.1) is 6.04 Å². The Bertz CT molecular complexity index is 436. The van der Waals surface area contributed by atoms with E-state index in [2.05, 4.69) is 25.7 Å². The Hall–Kier alpha value is -1.15. The normalized spacial score (nSPS) is 19.9. The minimum Gasteiger partial charge on any atom is -0.293 e. The minimum atomic E-state index is 0.0531. The van der Waals surface area contributed by atoms with Gasteiger partial charge in [-0.2, -0.15) is 0 Å². The fourth-order valence-corrected chi connectivity index (χ4v) is 3.47. The number of hydrogen-bond donors (Lipinski definition) is 0. The Morgan fingerprint density at radius 3 is 2.35 bits per heavy atom. The van der Waals surface area contributed by atoms with Crippen LogP contribution in [0.1, 0.15) is 56.8 Å². The molecular formula is C18H27NO. The fraction of sp³-hybridized carbons (Fsp3) is 0.611. The van der Waals surface area contributed by atoms with Crippen LogP contribution < -0.4 is 0 Å². The minimum absolute atomic E-state index is 0.0531. The molecule has 0 N–H and O–H groups in total. The number of nitrogens with zero attached hydrogens (tertiary/aromatic N) is 1. The highest BCUT2D eigenvalue weighted by Crippen LogP contribution is 2.38. The summed E-state index contributed by atoms with van der Waals surface area (Å²) in [5, 5.41) is 0. The lowest BCUT2D eigenvalue weighted by molar-refractivity contribution is 0.0824. The highest BCUT2D eigenvalue weighted by molar-refractivity contribution is 6.00. The van der Waals surface area contributed by atoms with Gasteiger partial charge in [-0.3, -0.25) is 9.69 Å². The molecule has 2 heteroatoms. The zero-order valence-electron chi connectivity index (χ0n) is 13.1. The molecule has 0 bridgehead atoms. The fourth-order valence-electron chi connectivity index (χ4n) is 3.47. The van der Waals surface area contributed by atoms with E-state index in [-0.39, 0.29) is 11.8 Å². The van der Waals surface area contributed by atoms with Crippen molar-refractivity contribution >= 4 is 5.78 Å². The van der Waals surface area contributed by atoms with Crippen LogP contribution in [0.3, 0.4) is 0 Å². The van der Waals surface area contributed by atoms with Crippen molar-refractivity contribution in [2.24, 2.45) is 5.41 Å².